The summed E-state index contributed by atoms with van der Waals surface area (Å²) >= 11 is 0. The summed E-state index contributed by atoms with van der Waals surface area (Å²) in [6, 6.07) is 3.40. The maximum atomic E-state index is 11.3. The highest BCUT2D eigenvalue weighted by molar-refractivity contribution is 8.12. The van der Waals surface area contributed by atoms with E-state index in [-0.39, 0.29) is 6.42 Å². The van der Waals surface area contributed by atoms with Gasteiger partial charge >= 0.3 is 9.24 Å². The number of nitrogens with zero attached hydrogens (tertiary/aromatic N) is 2. The normalized spacial score (nSPS) is 25.4. The fourth-order valence-corrected chi connectivity index (χ4v) is 3.53. The smallest absolute Gasteiger partial charge is 0.274 e. The van der Waals surface area contributed by atoms with Gasteiger partial charge < -0.3 is 0 Å². The molecule has 1 aromatic rings. The first-order chi connectivity index (χ1) is 7.36. The zero-order chi connectivity index (χ0) is 12.0. The number of rotatable bonds is 2. The summed E-state index contributed by atoms with van der Waals surface area (Å²) in [6.07, 6.45) is 3.22. The molecule has 1 amide bonds. The Labute approximate surface area is 97.6 Å². The molecule has 5 nitrogen and oxygen atoms in total. The van der Waals surface area contributed by atoms with Crippen LogP contribution in [0.4, 0.5) is 0 Å². The van der Waals surface area contributed by atoms with E-state index < -0.39 is 20.7 Å². The third kappa shape index (κ3) is 1.58. The van der Waals surface area contributed by atoms with Gasteiger partial charge in [0.1, 0.15) is 0 Å². The molecule has 1 aromatic heterocycles. The van der Waals surface area contributed by atoms with Gasteiger partial charge in [0.15, 0.2) is 0 Å². The summed E-state index contributed by atoms with van der Waals surface area (Å²) in [5.41, 5.74) is -0.259. The molecular weight excluding hydrogens is 252 g/mol. The fourth-order valence-electron chi connectivity index (χ4n) is 1.88. The highest BCUT2D eigenvalue weighted by Crippen LogP contribution is 2.43. The van der Waals surface area contributed by atoms with Gasteiger partial charge in [0.2, 0.25) is 5.91 Å². The van der Waals surface area contributed by atoms with Crippen LogP contribution in [0.1, 0.15) is 18.9 Å². The van der Waals surface area contributed by atoms with E-state index in [0.717, 1.165) is 0 Å². The van der Waals surface area contributed by atoms with Crippen molar-refractivity contribution in [1.82, 2.24) is 9.29 Å². The molecular formula is C9H9ClN2O3S. The summed E-state index contributed by atoms with van der Waals surface area (Å²) in [5, 5.41) is 0. The fraction of sp³-hybridized carbons (Fsp3) is 0.333. The summed E-state index contributed by atoms with van der Waals surface area (Å²) in [6.45, 7) is 1.64. The Hall–Kier alpha value is -1.14. The zero-order valence-corrected chi connectivity index (χ0v) is 9.99. The van der Waals surface area contributed by atoms with Crippen molar-refractivity contribution in [2.75, 3.05) is 0 Å². The van der Waals surface area contributed by atoms with Crippen LogP contribution in [0.3, 0.4) is 0 Å². The summed E-state index contributed by atoms with van der Waals surface area (Å²) < 4.78 is 23.2. The van der Waals surface area contributed by atoms with E-state index in [1.165, 1.54) is 6.20 Å². The molecule has 2 rings (SSSR count). The van der Waals surface area contributed by atoms with Gasteiger partial charge in [-0.25, -0.2) is 4.31 Å². The van der Waals surface area contributed by atoms with Gasteiger partial charge in [-0.2, -0.15) is 8.42 Å². The van der Waals surface area contributed by atoms with E-state index in [2.05, 4.69) is 4.98 Å². The molecule has 1 unspecified atom stereocenters. The van der Waals surface area contributed by atoms with Crippen LogP contribution >= 0.6 is 10.7 Å². The lowest BCUT2D eigenvalue weighted by molar-refractivity contribution is -0.144. The van der Waals surface area contributed by atoms with Crippen LogP contribution in [0.5, 0.6) is 0 Å². The highest BCUT2D eigenvalue weighted by Gasteiger charge is 2.54. The van der Waals surface area contributed by atoms with Crippen LogP contribution in [0.15, 0.2) is 24.5 Å². The van der Waals surface area contributed by atoms with Crippen molar-refractivity contribution in [3.05, 3.63) is 30.1 Å². The van der Waals surface area contributed by atoms with Crippen LogP contribution in [-0.4, -0.2) is 23.6 Å². The van der Waals surface area contributed by atoms with Crippen molar-refractivity contribution >= 4 is 25.8 Å². The first-order valence-electron chi connectivity index (χ1n) is 4.54. The molecule has 0 N–H and O–H groups in total. The molecule has 7 heteroatoms. The van der Waals surface area contributed by atoms with E-state index in [1.807, 2.05) is 0 Å². The van der Waals surface area contributed by atoms with Crippen molar-refractivity contribution in [2.24, 2.45) is 0 Å². The average Bonchev–Trinajstić information content (AvgIpc) is 2.15. The number of halogens is 1. The van der Waals surface area contributed by atoms with Crippen LogP contribution in [0.2, 0.25) is 0 Å². The third-order valence-corrected chi connectivity index (χ3v) is 4.13. The van der Waals surface area contributed by atoms with Crippen molar-refractivity contribution in [2.45, 2.75) is 18.9 Å². The van der Waals surface area contributed by atoms with Crippen LogP contribution in [0.25, 0.3) is 0 Å². The predicted octanol–water partition coefficient (Wildman–Crippen LogP) is 1.01. The third-order valence-electron chi connectivity index (χ3n) is 2.67. The molecule has 2 heterocycles. The molecule has 0 saturated carbocycles. The Morgan fingerprint density at radius 1 is 1.56 bits per heavy atom. The number of amides is 1. The zero-order valence-electron chi connectivity index (χ0n) is 8.42. The van der Waals surface area contributed by atoms with E-state index in [0.29, 0.717) is 9.87 Å². The molecule has 1 aliphatic heterocycles. The Morgan fingerprint density at radius 3 is 2.69 bits per heavy atom. The van der Waals surface area contributed by atoms with Gasteiger partial charge in [0.25, 0.3) is 0 Å². The number of β-lactam (4-membered cyclic amide) rings is 1. The van der Waals surface area contributed by atoms with E-state index >= 15 is 0 Å². The van der Waals surface area contributed by atoms with Crippen molar-refractivity contribution < 1.29 is 13.2 Å². The Morgan fingerprint density at radius 2 is 2.25 bits per heavy atom. The van der Waals surface area contributed by atoms with Crippen LogP contribution in [-0.2, 0) is 19.6 Å². The maximum absolute atomic E-state index is 11.3. The minimum absolute atomic E-state index is 0.116. The first-order valence-corrected chi connectivity index (χ1v) is 6.81. The summed E-state index contributed by atoms with van der Waals surface area (Å²) in [7, 11) is 1.18. The predicted molar refractivity (Wildman–Crippen MR) is 57.8 cm³/mol. The highest BCUT2D eigenvalue weighted by atomic mass is 35.7. The Balaban J connectivity index is 2.46. The van der Waals surface area contributed by atoms with Gasteiger partial charge in [-0.3, -0.25) is 9.78 Å². The van der Waals surface area contributed by atoms with Gasteiger partial charge in [-0.15, -0.1) is 0 Å². The average molecular weight is 261 g/mol. The largest absolute Gasteiger partial charge is 0.324 e. The minimum atomic E-state index is -4.04. The molecule has 0 spiro atoms. The van der Waals surface area contributed by atoms with E-state index in [1.54, 1.807) is 25.3 Å². The number of carbonyl (C=O) groups excluding carboxylic acids is 1. The van der Waals surface area contributed by atoms with Gasteiger partial charge in [-0.1, -0.05) is 6.07 Å². The molecule has 0 aromatic carbocycles. The van der Waals surface area contributed by atoms with Crippen LogP contribution in [0, 0.1) is 0 Å². The maximum Gasteiger partial charge on any atom is 0.324 e. The Bertz CT molecular complexity index is 531. The summed E-state index contributed by atoms with van der Waals surface area (Å²) in [5.74, 6) is -0.499. The molecule has 1 fully saturated rings. The molecule has 0 bridgehead atoms. The Kier molecular flexibility index (Phi) is 2.43. The first kappa shape index (κ1) is 11.3. The molecule has 16 heavy (non-hydrogen) atoms. The second-order valence-corrected chi connectivity index (χ2v) is 6.15. The molecule has 1 atom stereocenters. The molecule has 0 aliphatic carbocycles. The second kappa shape index (κ2) is 3.43. The molecule has 1 aliphatic rings. The van der Waals surface area contributed by atoms with Gasteiger partial charge in [0, 0.05) is 23.1 Å². The minimum Gasteiger partial charge on any atom is -0.274 e. The van der Waals surface area contributed by atoms with Crippen molar-refractivity contribution in [1.29, 1.82) is 0 Å². The number of hydrogen-bond acceptors (Lipinski definition) is 4. The molecule has 0 radical (unpaired) electrons. The van der Waals surface area contributed by atoms with E-state index in [9.17, 15) is 13.2 Å². The summed E-state index contributed by atoms with van der Waals surface area (Å²) in [4.78, 5) is 15.2. The van der Waals surface area contributed by atoms with Crippen molar-refractivity contribution in [3.63, 3.8) is 0 Å². The van der Waals surface area contributed by atoms with Gasteiger partial charge in [0.05, 0.1) is 12.0 Å². The topological polar surface area (TPSA) is 67.3 Å². The second-order valence-electron chi connectivity index (χ2n) is 3.79. The molecule has 1 saturated heterocycles. The molecule has 86 valence electrons. The lowest BCUT2D eigenvalue weighted by atomic mass is 9.83. The van der Waals surface area contributed by atoms with Crippen LogP contribution < -0.4 is 0 Å². The SMILES string of the molecule is CC1(c2cccnc2)CC(=O)N1S(=O)(=O)Cl. The number of pyridine rings is 1. The number of hydrogen-bond donors (Lipinski definition) is 0. The van der Waals surface area contributed by atoms with Crippen molar-refractivity contribution in [3.8, 4) is 0 Å². The lowest BCUT2D eigenvalue weighted by Crippen LogP contribution is -2.60. The van der Waals surface area contributed by atoms with Gasteiger partial charge in [-0.05, 0) is 18.6 Å². The number of aromatic nitrogens is 1. The lowest BCUT2D eigenvalue weighted by Gasteiger charge is -2.46. The quantitative estimate of drug-likeness (QED) is 0.588. The number of carbonyl (C=O) groups is 1. The van der Waals surface area contributed by atoms with E-state index in [4.69, 9.17) is 10.7 Å². The standard InChI is InChI=1S/C9H9ClN2O3S/c1-9(7-3-2-4-11-6-7)5-8(13)12(9)16(10,14)15/h2-4,6H,5H2,1H3. The monoisotopic (exact) mass is 260 g/mol.